The number of ether oxygens (including phenoxy) is 2. The van der Waals surface area contributed by atoms with Gasteiger partial charge in [-0.3, -0.25) is 14.4 Å². The van der Waals surface area contributed by atoms with Gasteiger partial charge in [-0.05, 0) is 13.3 Å². The number of hydrogen-bond acceptors (Lipinski definition) is 6. The number of thioether (sulfide) groups is 1. The highest BCUT2D eigenvalue weighted by atomic mass is 32.2. The first-order valence-corrected chi connectivity index (χ1v) is 8.64. The summed E-state index contributed by atoms with van der Waals surface area (Å²) in [4.78, 5) is 34.3. The van der Waals surface area contributed by atoms with Crippen LogP contribution in [0.4, 0.5) is 0 Å². The Morgan fingerprint density at radius 1 is 1.30 bits per heavy atom. The molecule has 0 bridgehead atoms. The predicted molar refractivity (Wildman–Crippen MR) is 88.8 cm³/mol. The largest absolute Gasteiger partial charge is 0.486 e. The summed E-state index contributed by atoms with van der Waals surface area (Å²) in [5, 5.41) is 2.35. The topological polar surface area (TPSA) is 81.7 Å². The monoisotopic (exact) mass is 343 g/mol. The van der Waals surface area contributed by atoms with Crippen molar-refractivity contribution in [1.82, 2.24) is 5.32 Å². The van der Waals surface area contributed by atoms with Crippen LogP contribution in [0.1, 0.15) is 46.0 Å². The van der Waals surface area contributed by atoms with Crippen molar-refractivity contribution >= 4 is 28.8 Å². The van der Waals surface area contributed by atoms with Crippen LogP contribution in [0.5, 0.6) is 0 Å². The Morgan fingerprint density at radius 2 is 2.04 bits per heavy atom. The molecule has 1 aliphatic heterocycles. The average Bonchev–Trinajstić information content (AvgIpc) is 2.81. The first kappa shape index (κ1) is 19.5. The van der Waals surface area contributed by atoms with Crippen LogP contribution < -0.4 is 5.32 Å². The van der Waals surface area contributed by atoms with Crippen molar-refractivity contribution in [3.63, 3.8) is 0 Å². The Bertz CT molecular complexity index is 477. The van der Waals surface area contributed by atoms with E-state index in [-0.39, 0.29) is 18.3 Å². The van der Waals surface area contributed by atoms with Gasteiger partial charge in [0.15, 0.2) is 6.61 Å². The van der Waals surface area contributed by atoms with Crippen LogP contribution in [0.15, 0.2) is 11.8 Å². The number of rotatable bonds is 10. The van der Waals surface area contributed by atoms with Gasteiger partial charge < -0.3 is 14.8 Å². The molecule has 0 saturated carbocycles. The van der Waals surface area contributed by atoms with Gasteiger partial charge in [-0.1, -0.05) is 44.4 Å². The lowest BCUT2D eigenvalue weighted by Crippen LogP contribution is -2.34. The number of methoxy groups -OCH3 is 1. The van der Waals surface area contributed by atoms with Gasteiger partial charge in [-0.15, -0.1) is 0 Å². The summed E-state index contributed by atoms with van der Waals surface area (Å²) in [7, 11) is 1.25. The van der Waals surface area contributed by atoms with Crippen LogP contribution in [-0.4, -0.2) is 42.0 Å². The summed E-state index contributed by atoms with van der Waals surface area (Å²) in [5.41, 5.74) is 0. The molecule has 130 valence electrons. The minimum absolute atomic E-state index is 0.0482. The molecule has 0 spiro atoms. The fourth-order valence-electron chi connectivity index (χ4n) is 2.26. The van der Waals surface area contributed by atoms with Gasteiger partial charge in [0, 0.05) is 6.08 Å². The van der Waals surface area contributed by atoms with Crippen molar-refractivity contribution in [2.45, 2.75) is 50.7 Å². The Morgan fingerprint density at radius 3 is 2.70 bits per heavy atom. The van der Waals surface area contributed by atoms with Crippen LogP contribution in [0.3, 0.4) is 0 Å². The maximum atomic E-state index is 11.7. The second-order valence-electron chi connectivity index (χ2n) is 5.61. The van der Waals surface area contributed by atoms with E-state index in [4.69, 9.17) is 4.74 Å². The smallest absolute Gasteiger partial charge is 0.325 e. The molecule has 1 rings (SSSR count). The molecular weight excluding hydrogens is 318 g/mol. The first-order valence-electron chi connectivity index (χ1n) is 7.82. The molecule has 6 nitrogen and oxygen atoms in total. The molecule has 1 unspecified atom stereocenters. The molecule has 0 aromatic rings. The Balaban J connectivity index is 2.45. The molecule has 0 aromatic carbocycles. The SMILES string of the molecule is CCCCCCC1(C)SC(=O)C=C1OCC(=O)NCC(=O)OC. The maximum absolute atomic E-state index is 11.7. The summed E-state index contributed by atoms with van der Waals surface area (Å²) in [6.07, 6.45) is 6.75. The molecule has 1 N–H and O–H groups in total. The summed E-state index contributed by atoms with van der Waals surface area (Å²) >= 11 is 1.25. The molecule has 1 amide bonds. The number of amides is 1. The van der Waals surface area contributed by atoms with Crippen molar-refractivity contribution in [2.24, 2.45) is 0 Å². The molecule has 1 aliphatic rings. The van der Waals surface area contributed by atoms with E-state index in [0.29, 0.717) is 5.76 Å². The van der Waals surface area contributed by atoms with Gasteiger partial charge in [0.2, 0.25) is 5.12 Å². The lowest BCUT2D eigenvalue weighted by atomic mass is 9.99. The maximum Gasteiger partial charge on any atom is 0.325 e. The zero-order valence-corrected chi connectivity index (χ0v) is 14.8. The van der Waals surface area contributed by atoms with Gasteiger partial charge >= 0.3 is 5.97 Å². The van der Waals surface area contributed by atoms with E-state index in [1.807, 2.05) is 6.92 Å². The Labute approximate surface area is 141 Å². The number of hydrogen-bond donors (Lipinski definition) is 1. The van der Waals surface area contributed by atoms with Crippen LogP contribution in [0, 0.1) is 0 Å². The molecule has 0 fully saturated rings. The fraction of sp³-hybridized carbons (Fsp3) is 0.688. The molecule has 1 heterocycles. The second kappa shape index (κ2) is 9.60. The van der Waals surface area contributed by atoms with E-state index in [9.17, 15) is 14.4 Å². The van der Waals surface area contributed by atoms with Crippen molar-refractivity contribution < 1.29 is 23.9 Å². The molecular formula is C16H25NO5S. The molecule has 0 aromatic heterocycles. The zero-order chi connectivity index (χ0) is 17.3. The third kappa shape index (κ3) is 6.64. The number of carbonyl (C=O) groups excluding carboxylic acids is 3. The van der Waals surface area contributed by atoms with E-state index in [1.165, 1.54) is 31.4 Å². The number of esters is 1. The number of nitrogens with one attached hydrogen (secondary N) is 1. The summed E-state index contributed by atoms with van der Waals surface area (Å²) < 4.78 is 9.56. The second-order valence-corrected chi connectivity index (χ2v) is 7.12. The standard InChI is InChI=1S/C16H25NO5S/c1-4-5-6-7-8-16(2)12(9-15(20)23-16)22-11-13(18)17-10-14(19)21-3/h9H,4-8,10-11H2,1-3H3,(H,17,18). The van der Waals surface area contributed by atoms with Crippen molar-refractivity contribution in [2.75, 3.05) is 20.3 Å². The van der Waals surface area contributed by atoms with Crippen molar-refractivity contribution in [3.05, 3.63) is 11.8 Å². The van der Waals surface area contributed by atoms with Crippen molar-refractivity contribution in [1.29, 1.82) is 0 Å². The van der Waals surface area contributed by atoms with E-state index in [2.05, 4.69) is 17.0 Å². The van der Waals surface area contributed by atoms with E-state index in [0.717, 1.165) is 25.7 Å². The third-order valence-electron chi connectivity index (χ3n) is 3.62. The Hall–Kier alpha value is -1.50. The summed E-state index contributed by atoms with van der Waals surface area (Å²) in [5.74, 6) is -0.406. The third-order valence-corrected chi connectivity index (χ3v) is 4.79. The molecule has 1 atom stereocenters. The average molecular weight is 343 g/mol. The lowest BCUT2D eigenvalue weighted by molar-refractivity contribution is -0.141. The quantitative estimate of drug-likeness (QED) is 0.484. The minimum atomic E-state index is -0.523. The molecule has 0 radical (unpaired) electrons. The number of unbranched alkanes of at least 4 members (excludes halogenated alkanes) is 3. The van der Waals surface area contributed by atoms with E-state index in [1.54, 1.807) is 0 Å². The van der Waals surface area contributed by atoms with Gasteiger partial charge in [0.05, 0.1) is 11.9 Å². The molecule has 23 heavy (non-hydrogen) atoms. The molecule has 0 aliphatic carbocycles. The lowest BCUT2D eigenvalue weighted by Gasteiger charge is -2.25. The highest BCUT2D eigenvalue weighted by Crippen LogP contribution is 2.43. The molecule has 7 heteroatoms. The highest BCUT2D eigenvalue weighted by Gasteiger charge is 2.39. The fourth-order valence-corrected chi connectivity index (χ4v) is 3.33. The van der Waals surface area contributed by atoms with Crippen LogP contribution in [0.25, 0.3) is 0 Å². The normalized spacial score (nSPS) is 20.1. The van der Waals surface area contributed by atoms with Gasteiger partial charge in [0.1, 0.15) is 12.3 Å². The molecule has 0 saturated heterocycles. The highest BCUT2D eigenvalue weighted by molar-refractivity contribution is 8.15. The zero-order valence-electron chi connectivity index (χ0n) is 14.0. The Kier molecular flexibility index (Phi) is 8.16. The summed E-state index contributed by atoms with van der Waals surface area (Å²) in [6, 6.07) is 0. The van der Waals surface area contributed by atoms with Gasteiger partial charge in [-0.25, -0.2) is 0 Å². The van der Waals surface area contributed by atoms with Crippen LogP contribution in [-0.2, 0) is 23.9 Å². The predicted octanol–water partition coefficient (Wildman–Crippen LogP) is 2.18. The summed E-state index contributed by atoms with van der Waals surface area (Å²) in [6.45, 7) is 3.70. The van der Waals surface area contributed by atoms with Crippen LogP contribution in [0.2, 0.25) is 0 Å². The van der Waals surface area contributed by atoms with Gasteiger partial charge in [0.25, 0.3) is 5.91 Å². The first-order chi connectivity index (χ1) is 10.9. The van der Waals surface area contributed by atoms with Gasteiger partial charge in [-0.2, -0.15) is 0 Å². The minimum Gasteiger partial charge on any atom is -0.486 e. The van der Waals surface area contributed by atoms with Crippen LogP contribution >= 0.6 is 11.8 Å². The van der Waals surface area contributed by atoms with Crippen molar-refractivity contribution in [3.8, 4) is 0 Å². The van der Waals surface area contributed by atoms with E-state index >= 15 is 0 Å². The van der Waals surface area contributed by atoms with E-state index < -0.39 is 16.6 Å². The number of carbonyl (C=O) groups is 3.